The van der Waals surface area contributed by atoms with Crippen molar-refractivity contribution < 1.29 is 14.9 Å². The number of hydrogen-bond donors (Lipinski definition) is 3. The second-order valence-corrected chi connectivity index (χ2v) is 4.80. The van der Waals surface area contributed by atoms with Gasteiger partial charge in [-0.2, -0.15) is 0 Å². The maximum Gasteiger partial charge on any atom is 0.330 e. The van der Waals surface area contributed by atoms with Gasteiger partial charge in [0.15, 0.2) is 6.23 Å². The van der Waals surface area contributed by atoms with Crippen LogP contribution in [0.5, 0.6) is 0 Å². The van der Waals surface area contributed by atoms with E-state index in [-0.39, 0.29) is 11.1 Å². The molecule has 20 heavy (non-hydrogen) atoms. The molecule has 0 unspecified atom stereocenters. The van der Waals surface area contributed by atoms with Gasteiger partial charge in [0.05, 0.1) is 12.2 Å². The maximum absolute atomic E-state index is 11.8. The van der Waals surface area contributed by atoms with E-state index in [9.17, 15) is 14.7 Å². The number of ether oxygens (including phenoxy) is 1. The Balaban J connectivity index is 2.48. The second kappa shape index (κ2) is 5.88. The molecule has 1 aliphatic heterocycles. The number of H-pyrrole nitrogens is 1. The van der Waals surface area contributed by atoms with Crippen LogP contribution in [0.2, 0.25) is 0 Å². The molecule has 108 valence electrons. The summed E-state index contributed by atoms with van der Waals surface area (Å²) in [5.74, 6) is 0. The van der Waals surface area contributed by atoms with Crippen LogP contribution in [0, 0.1) is 0 Å². The Morgan fingerprint density at radius 2 is 2.25 bits per heavy atom. The fraction of sp³-hybridized carbons (Fsp3) is 0.333. The number of aliphatic hydroxyl groups excluding tert-OH is 2. The summed E-state index contributed by atoms with van der Waals surface area (Å²) in [4.78, 5) is 27.0. The number of rotatable bonds is 3. The van der Waals surface area contributed by atoms with Crippen LogP contribution in [-0.2, 0) is 4.74 Å². The number of nitrogens with one attached hydrogen (secondary N) is 1. The molecular weight excluding hydrogens is 332 g/mol. The van der Waals surface area contributed by atoms with Crippen molar-refractivity contribution in [3.05, 3.63) is 49.7 Å². The van der Waals surface area contributed by atoms with Crippen molar-refractivity contribution in [2.75, 3.05) is 6.61 Å². The molecule has 2 heterocycles. The third-order valence-corrected chi connectivity index (χ3v) is 3.29. The summed E-state index contributed by atoms with van der Waals surface area (Å²) < 4.78 is 6.50. The monoisotopic (exact) mass is 344 g/mol. The summed E-state index contributed by atoms with van der Waals surface area (Å²) in [5, 5.41) is 18.9. The van der Waals surface area contributed by atoms with Gasteiger partial charge in [-0.15, -0.1) is 0 Å². The van der Waals surface area contributed by atoms with Crippen LogP contribution < -0.4 is 11.2 Å². The highest BCUT2D eigenvalue weighted by Gasteiger charge is 2.38. The van der Waals surface area contributed by atoms with Gasteiger partial charge < -0.3 is 14.9 Å². The molecule has 0 bridgehead atoms. The molecule has 7 nitrogen and oxygen atoms in total. The molecule has 3 atom stereocenters. The van der Waals surface area contributed by atoms with Crippen molar-refractivity contribution in [1.82, 2.24) is 9.55 Å². The molecule has 8 heteroatoms. The molecule has 0 aromatic carbocycles. The van der Waals surface area contributed by atoms with Gasteiger partial charge in [0.2, 0.25) is 0 Å². The first kappa shape index (κ1) is 14.9. The number of nitrogens with zero attached hydrogens (tertiary/aromatic N) is 1. The largest absolute Gasteiger partial charge is 0.394 e. The lowest BCUT2D eigenvalue weighted by Gasteiger charge is -2.15. The van der Waals surface area contributed by atoms with E-state index in [1.54, 1.807) is 0 Å². The normalized spacial score (nSPS) is 26.6. The average molecular weight is 345 g/mol. The van der Waals surface area contributed by atoms with Crippen LogP contribution in [0.4, 0.5) is 0 Å². The van der Waals surface area contributed by atoms with E-state index in [0.717, 1.165) is 4.57 Å². The molecule has 2 rings (SSSR count). The number of aromatic amines is 1. The minimum absolute atomic E-state index is 0.236. The van der Waals surface area contributed by atoms with Gasteiger partial charge in [-0.3, -0.25) is 14.3 Å². The Bertz CT molecular complexity index is 663. The Hall–Kier alpha value is -1.48. The van der Waals surface area contributed by atoms with Crippen molar-refractivity contribution in [3.8, 4) is 0 Å². The van der Waals surface area contributed by atoms with E-state index in [4.69, 9.17) is 9.84 Å². The summed E-state index contributed by atoms with van der Waals surface area (Å²) in [6.45, 7) is 3.27. The third kappa shape index (κ3) is 2.55. The van der Waals surface area contributed by atoms with Crippen LogP contribution in [0.15, 0.2) is 32.9 Å². The Labute approximate surface area is 122 Å². The molecule has 3 N–H and O–H groups in total. The topological polar surface area (TPSA) is 105 Å². The van der Waals surface area contributed by atoms with E-state index in [1.807, 2.05) is 0 Å². The van der Waals surface area contributed by atoms with Crippen molar-refractivity contribution >= 4 is 22.0 Å². The standard InChI is InChI=1S/C12H13BrN2O5/c1-6-9(17)8(5-16)20-11(6)15-4-7(2-3-13)10(18)14-12(15)19/h2-4,8-9,11,16-17H,1,5H2,(H,14,18,19)/b3-2+/t8-,9+,11-/m1/s1. The SMILES string of the molecule is C=C1[C@H](n2cc(/C=C/Br)c(=O)[nH]c2=O)O[C@H](CO)[C@H]1O. The highest BCUT2D eigenvalue weighted by atomic mass is 79.9. The van der Waals surface area contributed by atoms with E-state index in [2.05, 4.69) is 27.5 Å². The van der Waals surface area contributed by atoms with Gasteiger partial charge in [-0.1, -0.05) is 22.5 Å². The predicted octanol–water partition coefficient (Wildman–Crippen LogP) is -0.291. The zero-order valence-electron chi connectivity index (χ0n) is 10.3. The maximum atomic E-state index is 11.8. The summed E-state index contributed by atoms with van der Waals surface area (Å²) in [6, 6.07) is 0. The van der Waals surface area contributed by atoms with Gasteiger partial charge >= 0.3 is 5.69 Å². The molecule has 0 saturated carbocycles. The molecule has 0 amide bonds. The summed E-state index contributed by atoms with van der Waals surface area (Å²) >= 11 is 3.05. The lowest BCUT2D eigenvalue weighted by atomic mass is 10.1. The third-order valence-electron chi connectivity index (χ3n) is 3.02. The van der Waals surface area contributed by atoms with Gasteiger partial charge in [0, 0.05) is 11.8 Å². The minimum atomic E-state index is -1.07. The number of halogens is 1. The van der Waals surface area contributed by atoms with Crippen LogP contribution in [-0.4, -0.2) is 38.6 Å². The Morgan fingerprint density at radius 3 is 2.80 bits per heavy atom. The summed E-state index contributed by atoms with van der Waals surface area (Å²) in [6.07, 6.45) is -0.0808. The van der Waals surface area contributed by atoms with E-state index in [0.29, 0.717) is 0 Å². The lowest BCUT2D eigenvalue weighted by Crippen LogP contribution is -2.33. The van der Waals surface area contributed by atoms with Crippen molar-refractivity contribution in [3.63, 3.8) is 0 Å². The van der Waals surface area contributed by atoms with Crippen molar-refractivity contribution in [2.24, 2.45) is 0 Å². The number of aliphatic hydroxyl groups is 2. The zero-order chi connectivity index (χ0) is 14.9. The number of hydrogen-bond acceptors (Lipinski definition) is 5. The van der Waals surface area contributed by atoms with Gasteiger partial charge in [-0.05, 0) is 11.1 Å². The van der Waals surface area contributed by atoms with Gasteiger partial charge in [0.1, 0.15) is 12.2 Å². The van der Waals surface area contributed by atoms with E-state index < -0.39 is 36.3 Å². The van der Waals surface area contributed by atoms with Crippen LogP contribution in [0.3, 0.4) is 0 Å². The van der Waals surface area contributed by atoms with E-state index >= 15 is 0 Å². The van der Waals surface area contributed by atoms with Crippen LogP contribution >= 0.6 is 15.9 Å². The number of aromatic nitrogens is 2. The molecule has 0 radical (unpaired) electrons. The average Bonchev–Trinajstić information content (AvgIpc) is 2.70. The fourth-order valence-corrected chi connectivity index (χ4v) is 2.25. The molecule has 1 aromatic heterocycles. The smallest absolute Gasteiger partial charge is 0.330 e. The van der Waals surface area contributed by atoms with Gasteiger partial charge in [-0.25, -0.2) is 4.79 Å². The highest BCUT2D eigenvalue weighted by Crippen LogP contribution is 2.31. The molecular formula is C12H13BrN2O5. The molecule has 0 spiro atoms. The fourth-order valence-electron chi connectivity index (χ4n) is 1.96. The lowest BCUT2D eigenvalue weighted by molar-refractivity contribution is -0.0447. The second-order valence-electron chi connectivity index (χ2n) is 4.27. The molecule has 1 saturated heterocycles. The first-order valence-corrected chi connectivity index (χ1v) is 6.66. The van der Waals surface area contributed by atoms with E-state index in [1.165, 1.54) is 17.3 Å². The van der Waals surface area contributed by atoms with Crippen LogP contribution in [0.1, 0.15) is 11.8 Å². The van der Waals surface area contributed by atoms with Crippen LogP contribution in [0.25, 0.3) is 6.08 Å². The quantitative estimate of drug-likeness (QED) is 0.653. The summed E-state index contributed by atoms with van der Waals surface area (Å²) in [7, 11) is 0. The van der Waals surface area contributed by atoms with Crippen molar-refractivity contribution in [2.45, 2.75) is 18.4 Å². The Kier molecular flexibility index (Phi) is 4.39. The molecule has 0 aliphatic carbocycles. The summed E-state index contributed by atoms with van der Waals surface area (Å²) in [5.41, 5.74) is -0.740. The highest BCUT2D eigenvalue weighted by molar-refractivity contribution is 9.11. The van der Waals surface area contributed by atoms with Gasteiger partial charge in [0.25, 0.3) is 5.56 Å². The zero-order valence-corrected chi connectivity index (χ0v) is 11.9. The molecule has 1 aromatic rings. The predicted molar refractivity (Wildman–Crippen MR) is 75.4 cm³/mol. The molecule has 1 fully saturated rings. The minimum Gasteiger partial charge on any atom is -0.394 e. The Morgan fingerprint density at radius 1 is 1.55 bits per heavy atom. The first-order chi connectivity index (χ1) is 9.49. The first-order valence-electron chi connectivity index (χ1n) is 5.75. The van der Waals surface area contributed by atoms with Crippen molar-refractivity contribution in [1.29, 1.82) is 0 Å². The molecule has 1 aliphatic rings.